The Balaban J connectivity index is 2.01. The summed E-state index contributed by atoms with van der Waals surface area (Å²) in [7, 11) is 1.89. The van der Waals surface area contributed by atoms with E-state index in [9.17, 15) is 9.59 Å². The fraction of sp³-hybridized carbons (Fsp3) is 0.565. The van der Waals surface area contributed by atoms with Crippen molar-refractivity contribution in [3.63, 3.8) is 0 Å². The first-order valence-electron chi connectivity index (χ1n) is 9.98. The summed E-state index contributed by atoms with van der Waals surface area (Å²) >= 11 is 0. The monoisotopic (exact) mass is 370 g/mol. The van der Waals surface area contributed by atoms with Crippen molar-refractivity contribution in [1.82, 2.24) is 10.2 Å². The highest BCUT2D eigenvalue weighted by molar-refractivity contribution is 5.76. The van der Waals surface area contributed by atoms with E-state index >= 15 is 0 Å². The molecule has 1 aromatic carbocycles. The lowest BCUT2D eigenvalue weighted by atomic mass is 9.69. The first kappa shape index (κ1) is 21.2. The average Bonchev–Trinajstić information content (AvgIpc) is 2.62. The highest BCUT2D eigenvalue weighted by Gasteiger charge is 2.33. The first-order chi connectivity index (χ1) is 12.8. The molecule has 0 saturated heterocycles. The number of nitrogens with zero attached hydrogens (tertiary/aromatic N) is 1. The van der Waals surface area contributed by atoms with Gasteiger partial charge in [0.2, 0.25) is 11.8 Å². The Morgan fingerprint density at radius 1 is 1.22 bits per heavy atom. The standard InChI is InChI=1S/C23H34N2O2/c1-16(2)22-12-20(17(3)11-21(22)14-24-18(4)26)13-23(27)25(5)15-19-9-7-6-8-10-19/h6-11,16,20-22H,12-15H2,1-5H3,(H,24,26)/t20-,21-,22-/m0/s1. The maximum Gasteiger partial charge on any atom is 0.223 e. The van der Waals surface area contributed by atoms with Gasteiger partial charge in [-0.25, -0.2) is 0 Å². The molecule has 0 radical (unpaired) electrons. The first-order valence-corrected chi connectivity index (χ1v) is 9.98. The van der Waals surface area contributed by atoms with E-state index in [1.165, 1.54) is 5.57 Å². The maximum atomic E-state index is 12.8. The van der Waals surface area contributed by atoms with E-state index in [-0.39, 0.29) is 17.7 Å². The van der Waals surface area contributed by atoms with Gasteiger partial charge in [0.25, 0.3) is 0 Å². The summed E-state index contributed by atoms with van der Waals surface area (Å²) in [6, 6.07) is 10.1. The molecule has 4 nitrogen and oxygen atoms in total. The number of allylic oxidation sites excluding steroid dienone is 1. The smallest absolute Gasteiger partial charge is 0.223 e. The second kappa shape index (κ2) is 9.72. The van der Waals surface area contributed by atoms with Crippen molar-refractivity contribution in [3.05, 3.63) is 47.5 Å². The highest BCUT2D eigenvalue weighted by Crippen LogP contribution is 2.38. The third kappa shape index (κ3) is 6.23. The summed E-state index contributed by atoms with van der Waals surface area (Å²) in [5, 5.41) is 2.96. The zero-order valence-corrected chi connectivity index (χ0v) is 17.4. The van der Waals surface area contributed by atoms with Crippen LogP contribution in [0.5, 0.6) is 0 Å². The van der Waals surface area contributed by atoms with Crippen LogP contribution in [-0.4, -0.2) is 30.3 Å². The molecule has 27 heavy (non-hydrogen) atoms. The molecule has 0 saturated carbocycles. The molecule has 1 aliphatic carbocycles. The molecule has 0 aliphatic heterocycles. The molecule has 0 unspecified atom stereocenters. The van der Waals surface area contributed by atoms with Crippen molar-refractivity contribution in [3.8, 4) is 0 Å². The van der Waals surface area contributed by atoms with Crippen LogP contribution in [0.3, 0.4) is 0 Å². The molecule has 0 spiro atoms. The number of benzene rings is 1. The zero-order valence-electron chi connectivity index (χ0n) is 17.4. The lowest BCUT2D eigenvalue weighted by molar-refractivity contribution is -0.131. The van der Waals surface area contributed by atoms with Crippen LogP contribution >= 0.6 is 0 Å². The molecule has 1 N–H and O–H groups in total. The molecule has 0 aromatic heterocycles. The van der Waals surface area contributed by atoms with Gasteiger partial charge < -0.3 is 10.2 Å². The van der Waals surface area contributed by atoms with Crippen LogP contribution in [-0.2, 0) is 16.1 Å². The van der Waals surface area contributed by atoms with Crippen molar-refractivity contribution in [2.45, 2.75) is 47.1 Å². The summed E-state index contributed by atoms with van der Waals surface area (Å²) in [6.45, 7) is 9.50. The molecule has 0 bridgehead atoms. The Kier molecular flexibility index (Phi) is 7.64. The summed E-state index contributed by atoms with van der Waals surface area (Å²) in [5.74, 6) is 1.85. The van der Waals surface area contributed by atoms with Crippen LogP contribution in [0.15, 0.2) is 42.0 Å². The molecular weight excluding hydrogens is 336 g/mol. The molecule has 0 heterocycles. The number of hydrogen-bond acceptors (Lipinski definition) is 2. The van der Waals surface area contributed by atoms with Crippen LogP contribution in [0.4, 0.5) is 0 Å². The molecule has 2 amide bonds. The Bertz CT molecular complexity index is 666. The van der Waals surface area contributed by atoms with Gasteiger partial charge in [0, 0.05) is 33.5 Å². The van der Waals surface area contributed by atoms with Gasteiger partial charge in [-0.1, -0.05) is 55.8 Å². The molecule has 2 rings (SSSR count). The minimum atomic E-state index is 0.0170. The van der Waals surface area contributed by atoms with E-state index in [0.29, 0.717) is 37.3 Å². The molecule has 0 fully saturated rings. The number of hydrogen-bond donors (Lipinski definition) is 1. The molecule has 3 atom stereocenters. The van der Waals surface area contributed by atoms with Gasteiger partial charge >= 0.3 is 0 Å². The number of carbonyl (C=O) groups excluding carboxylic acids is 2. The second-order valence-corrected chi connectivity index (χ2v) is 8.29. The lowest BCUT2D eigenvalue weighted by Crippen LogP contribution is -2.37. The molecule has 1 aromatic rings. The average molecular weight is 371 g/mol. The van der Waals surface area contributed by atoms with Crippen molar-refractivity contribution in [2.75, 3.05) is 13.6 Å². The SMILES string of the molecule is CC(=O)NC[C@@H]1C=C(C)[C@H](CC(=O)N(C)Cc2ccccc2)C[C@H]1C(C)C. The lowest BCUT2D eigenvalue weighted by Gasteiger charge is -2.37. The van der Waals surface area contributed by atoms with Crippen molar-refractivity contribution >= 4 is 11.8 Å². The Hall–Kier alpha value is -2.10. The third-order valence-corrected chi connectivity index (χ3v) is 5.78. The van der Waals surface area contributed by atoms with E-state index in [2.05, 4.69) is 44.3 Å². The number of nitrogens with one attached hydrogen (secondary N) is 1. The zero-order chi connectivity index (χ0) is 20.0. The second-order valence-electron chi connectivity index (χ2n) is 8.29. The summed E-state index contributed by atoms with van der Waals surface area (Å²) < 4.78 is 0. The van der Waals surface area contributed by atoms with Crippen LogP contribution in [0.1, 0.15) is 46.1 Å². The minimum Gasteiger partial charge on any atom is -0.356 e. The summed E-state index contributed by atoms with van der Waals surface area (Å²) in [4.78, 5) is 25.9. The normalized spacial score (nSPS) is 22.3. The predicted molar refractivity (Wildman–Crippen MR) is 110 cm³/mol. The largest absolute Gasteiger partial charge is 0.356 e. The van der Waals surface area contributed by atoms with Gasteiger partial charge in [-0.3, -0.25) is 9.59 Å². The van der Waals surface area contributed by atoms with Gasteiger partial charge in [-0.05, 0) is 42.6 Å². The van der Waals surface area contributed by atoms with Crippen LogP contribution < -0.4 is 5.32 Å². The van der Waals surface area contributed by atoms with E-state index < -0.39 is 0 Å². The Morgan fingerprint density at radius 2 is 1.89 bits per heavy atom. The van der Waals surface area contributed by atoms with Crippen LogP contribution in [0.2, 0.25) is 0 Å². The van der Waals surface area contributed by atoms with Gasteiger partial charge in [-0.15, -0.1) is 0 Å². The minimum absolute atomic E-state index is 0.0170. The predicted octanol–water partition coefficient (Wildman–Crippen LogP) is 4.03. The van der Waals surface area contributed by atoms with Gasteiger partial charge in [-0.2, -0.15) is 0 Å². The van der Waals surface area contributed by atoms with Crippen LogP contribution in [0.25, 0.3) is 0 Å². The third-order valence-electron chi connectivity index (χ3n) is 5.78. The van der Waals surface area contributed by atoms with Crippen LogP contribution in [0, 0.1) is 23.7 Å². The molecular formula is C23H34N2O2. The number of rotatable bonds is 7. The quantitative estimate of drug-likeness (QED) is 0.737. The maximum absolute atomic E-state index is 12.8. The van der Waals surface area contributed by atoms with Crippen molar-refractivity contribution < 1.29 is 9.59 Å². The highest BCUT2D eigenvalue weighted by atomic mass is 16.2. The summed E-state index contributed by atoms with van der Waals surface area (Å²) in [5.41, 5.74) is 2.43. The van der Waals surface area contributed by atoms with E-state index in [1.807, 2.05) is 30.1 Å². The fourth-order valence-corrected chi connectivity index (χ4v) is 4.08. The molecule has 148 valence electrons. The van der Waals surface area contributed by atoms with Crippen molar-refractivity contribution in [2.24, 2.45) is 23.7 Å². The fourth-order valence-electron chi connectivity index (χ4n) is 4.08. The van der Waals surface area contributed by atoms with Crippen molar-refractivity contribution in [1.29, 1.82) is 0 Å². The Labute approximate surface area is 164 Å². The summed E-state index contributed by atoms with van der Waals surface area (Å²) in [6.07, 6.45) is 3.86. The Morgan fingerprint density at radius 3 is 2.48 bits per heavy atom. The number of amides is 2. The van der Waals surface area contributed by atoms with E-state index in [1.54, 1.807) is 6.92 Å². The van der Waals surface area contributed by atoms with Gasteiger partial charge in [0.15, 0.2) is 0 Å². The number of carbonyl (C=O) groups is 2. The van der Waals surface area contributed by atoms with Gasteiger partial charge in [0.1, 0.15) is 0 Å². The molecule has 4 heteroatoms. The molecule has 1 aliphatic rings. The van der Waals surface area contributed by atoms with Gasteiger partial charge in [0.05, 0.1) is 0 Å². The topological polar surface area (TPSA) is 49.4 Å². The van der Waals surface area contributed by atoms with E-state index in [0.717, 1.165) is 12.0 Å². The van der Waals surface area contributed by atoms with E-state index in [4.69, 9.17) is 0 Å².